The lowest BCUT2D eigenvalue weighted by Crippen LogP contribution is -3.14. The summed E-state index contributed by atoms with van der Waals surface area (Å²) in [5.74, 6) is -0.0635. The van der Waals surface area contributed by atoms with Crippen molar-refractivity contribution in [2.24, 2.45) is 0 Å². The van der Waals surface area contributed by atoms with Gasteiger partial charge in [0.05, 0.1) is 12.6 Å². The van der Waals surface area contributed by atoms with Gasteiger partial charge in [-0.1, -0.05) is 42.5 Å². The average molecular weight is 356 g/mol. The van der Waals surface area contributed by atoms with Crippen LogP contribution in [-0.4, -0.2) is 37.5 Å². The third-order valence-electron chi connectivity index (χ3n) is 4.44. The predicted octanol–water partition coefficient (Wildman–Crippen LogP) is 1.45. The molecule has 2 rings (SSSR count). The zero-order valence-corrected chi connectivity index (χ0v) is 16.1. The number of fused-ring (bicyclic) bond motifs is 1. The Kier molecular flexibility index (Phi) is 7.16. The molecule has 0 aliphatic rings. The largest absolute Gasteiger partial charge is 0.349 e. The maximum atomic E-state index is 12.5. The van der Waals surface area contributed by atoms with Crippen molar-refractivity contribution >= 4 is 22.6 Å². The molecule has 0 saturated carbocycles. The van der Waals surface area contributed by atoms with E-state index in [4.69, 9.17) is 0 Å². The maximum absolute atomic E-state index is 12.5. The molecule has 0 aromatic heterocycles. The highest BCUT2D eigenvalue weighted by Gasteiger charge is 2.19. The van der Waals surface area contributed by atoms with Crippen molar-refractivity contribution in [3.8, 4) is 0 Å². The van der Waals surface area contributed by atoms with Crippen LogP contribution in [0.5, 0.6) is 0 Å². The number of carbonyl (C=O) groups excluding carboxylic acids is 2. The Morgan fingerprint density at radius 1 is 0.923 bits per heavy atom. The summed E-state index contributed by atoms with van der Waals surface area (Å²) in [6, 6.07) is 14.3. The van der Waals surface area contributed by atoms with E-state index in [0.29, 0.717) is 6.54 Å². The van der Waals surface area contributed by atoms with E-state index in [2.05, 4.69) is 28.8 Å². The van der Waals surface area contributed by atoms with E-state index in [-0.39, 0.29) is 30.4 Å². The van der Waals surface area contributed by atoms with E-state index >= 15 is 0 Å². The molecule has 0 aliphatic heterocycles. The molecule has 2 aromatic carbocycles. The van der Waals surface area contributed by atoms with Crippen molar-refractivity contribution in [3.63, 3.8) is 0 Å². The number of nitrogens with one attached hydrogen (secondary N) is 3. The van der Waals surface area contributed by atoms with Crippen LogP contribution in [0.2, 0.25) is 0 Å². The van der Waals surface area contributed by atoms with Crippen LogP contribution in [0, 0.1) is 0 Å². The molecule has 5 heteroatoms. The Morgan fingerprint density at radius 3 is 2.19 bits per heavy atom. The van der Waals surface area contributed by atoms with Gasteiger partial charge in [-0.05, 0) is 44.0 Å². The number of hydrogen-bond donors (Lipinski definition) is 3. The van der Waals surface area contributed by atoms with Crippen molar-refractivity contribution < 1.29 is 14.5 Å². The quantitative estimate of drug-likeness (QED) is 0.670. The topological polar surface area (TPSA) is 62.6 Å². The van der Waals surface area contributed by atoms with Gasteiger partial charge in [-0.25, -0.2) is 0 Å². The Morgan fingerprint density at radius 2 is 1.54 bits per heavy atom. The Hall–Kier alpha value is -2.40. The highest BCUT2D eigenvalue weighted by Crippen LogP contribution is 2.23. The van der Waals surface area contributed by atoms with Crippen molar-refractivity contribution in [1.82, 2.24) is 10.6 Å². The van der Waals surface area contributed by atoms with Crippen LogP contribution in [0.15, 0.2) is 42.5 Å². The van der Waals surface area contributed by atoms with E-state index < -0.39 is 0 Å². The molecule has 0 fully saturated rings. The fraction of sp³-hybridized carbons (Fsp3) is 0.429. The first kappa shape index (κ1) is 19.9. The van der Waals surface area contributed by atoms with Crippen LogP contribution in [0.3, 0.4) is 0 Å². The molecule has 26 heavy (non-hydrogen) atoms. The lowest BCUT2D eigenvalue weighted by atomic mass is 10.00. The van der Waals surface area contributed by atoms with Gasteiger partial charge in [-0.2, -0.15) is 0 Å². The minimum Gasteiger partial charge on any atom is -0.349 e. The fourth-order valence-corrected chi connectivity index (χ4v) is 3.14. The number of carbonyl (C=O) groups is 2. The standard InChI is InChI=1S/C21H29N3O2/c1-5-24(13-20(25)22-15(2)3)14-21(26)23-16(4)18-12-8-10-17-9-6-7-11-19(17)18/h6-12,15-16H,5,13-14H2,1-4H3,(H,22,25)(H,23,26)/p+1/t16-/m0/s1. The molecule has 0 spiro atoms. The lowest BCUT2D eigenvalue weighted by molar-refractivity contribution is -0.881. The molecule has 0 heterocycles. The van der Waals surface area contributed by atoms with E-state index in [1.54, 1.807) is 0 Å². The average Bonchev–Trinajstić information content (AvgIpc) is 2.59. The van der Waals surface area contributed by atoms with Gasteiger partial charge in [0, 0.05) is 6.04 Å². The minimum absolute atomic E-state index is 0.0215. The summed E-state index contributed by atoms with van der Waals surface area (Å²) in [6.45, 7) is 9.17. The molecule has 0 radical (unpaired) electrons. The molecule has 0 bridgehead atoms. The van der Waals surface area contributed by atoms with Crippen molar-refractivity contribution in [3.05, 3.63) is 48.0 Å². The van der Waals surface area contributed by atoms with Gasteiger partial charge in [-0.15, -0.1) is 0 Å². The van der Waals surface area contributed by atoms with Crippen LogP contribution in [0.25, 0.3) is 10.8 Å². The van der Waals surface area contributed by atoms with Gasteiger partial charge in [-0.3, -0.25) is 9.59 Å². The molecule has 2 aromatic rings. The predicted molar refractivity (Wildman–Crippen MR) is 105 cm³/mol. The number of hydrogen-bond acceptors (Lipinski definition) is 2. The highest BCUT2D eigenvalue weighted by molar-refractivity contribution is 5.87. The minimum atomic E-state index is -0.0869. The second-order valence-electron chi connectivity index (χ2n) is 7.04. The summed E-state index contributed by atoms with van der Waals surface area (Å²) in [7, 11) is 0. The molecule has 3 N–H and O–H groups in total. The molecule has 140 valence electrons. The lowest BCUT2D eigenvalue weighted by Gasteiger charge is -2.20. The number of likely N-dealkylation sites (N-methyl/N-ethyl adjacent to an activating group) is 1. The molecule has 2 atom stereocenters. The van der Waals surface area contributed by atoms with Crippen molar-refractivity contribution in [2.45, 2.75) is 39.8 Å². The van der Waals surface area contributed by atoms with Gasteiger partial charge in [0.2, 0.25) is 0 Å². The van der Waals surface area contributed by atoms with Crippen LogP contribution < -0.4 is 15.5 Å². The third-order valence-corrected chi connectivity index (χ3v) is 4.44. The van der Waals surface area contributed by atoms with E-state index in [1.165, 1.54) is 0 Å². The summed E-state index contributed by atoms with van der Waals surface area (Å²) in [5, 5.41) is 8.27. The first-order valence-electron chi connectivity index (χ1n) is 9.30. The molecular formula is C21H30N3O2+. The molecule has 1 unspecified atom stereocenters. The van der Waals surface area contributed by atoms with Crippen molar-refractivity contribution in [2.75, 3.05) is 19.6 Å². The first-order valence-corrected chi connectivity index (χ1v) is 9.30. The Bertz CT molecular complexity index is 753. The van der Waals surface area contributed by atoms with Gasteiger partial charge in [0.1, 0.15) is 0 Å². The molecule has 2 amide bonds. The third kappa shape index (κ3) is 5.56. The molecular weight excluding hydrogens is 326 g/mol. The van der Waals surface area contributed by atoms with Crippen LogP contribution in [0.1, 0.15) is 39.3 Å². The van der Waals surface area contributed by atoms with E-state index in [0.717, 1.165) is 27.8 Å². The van der Waals surface area contributed by atoms with Gasteiger partial charge in [0.15, 0.2) is 13.1 Å². The fourth-order valence-electron chi connectivity index (χ4n) is 3.14. The number of rotatable bonds is 8. The summed E-state index contributed by atoms with van der Waals surface area (Å²) >= 11 is 0. The Labute approximate surface area is 155 Å². The number of amides is 2. The summed E-state index contributed by atoms with van der Waals surface area (Å²) in [6.07, 6.45) is 0. The first-order chi connectivity index (χ1) is 12.4. The normalized spacial score (nSPS) is 13.4. The smallest absolute Gasteiger partial charge is 0.275 e. The van der Waals surface area contributed by atoms with Gasteiger partial charge >= 0.3 is 0 Å². The van der Waals surface area contributed by atoms with Gasteiger partial charge in [0.25, 0.3) is 11.8 Å². The summed E-state index contributed by atoms with van der Waals surface area (Å²) in [5.41, 5.74) is 1.10. The highest BCUT2D eigenvalue weighted by atomic mass is 16.2. The zero-order chi connectivity index (χ0) is 19.1. The summed E-state index contributed by atoms with van der Waals surface area (Å²) in [4.78, 5) is 25.4. The molecule has 0 saturated heterocycles. The number of benzene rings is 2. The molecule has 0 aliphatic carbocycles. The Balaban J connectivity index is 1.98. The summed E-state index contributed by atoms with van der Waals surface area (Å²) < 4.78 is 0. The van der Waals surface area contributed by atoms with Crippen LogP contribution in [-0.2, 0) is 9.59 Å². The van der Waals surface area contributed by atoms with Crippen LogP contribution in [0.4, 0.5) is 0 Å². The second-order valence-corrected chi connectivity index (χ2v) is 7.04. The monoisotopic (exact) mass is 356 g/mol. The van der Waals surface area contributed by atoms with Crippen LogP contribution >= 0.6 is 0 Å². The van der Waals surface area contributed by atoms with Crippen molar-refractivity contribution in [1.29, 1.82) is 0 Å². The molecule has 5 nitrogen and oxygen atoms in total. The zero-order valence-electron chi connectivity index (χ0n) is 16.1. The second kappa shape index (κ2) is 9.34. The van der Waals surface area contributed by atoms with E-state index in [9.17, 15) is 9.59 Å². The van der Waals surface area contributed by atoms with E-state index in [1.807, 2.05) is 52.0 Å². The number of quaternary nitrogens is 1. The maximum Gasteiger partial charge on any atom is 0.275 e. The SMILES string of the molecule is CC[NH+](CC(=O)NC(C)C)CC(=O)N[C@@H](C)c1cccc2ccccc12. The van der Waals surface area contributed by atoms with Gasteiger partial charge < -0.3 is 15.5 Å².